The third-order valence-electron chi connectivity index (χ3n) is 5.13. The Kier molecular flexibility index (Phi) is 5.03. The zero-order chi connectivity index (χ0) is 19.2. The number of rotatable bonds is 4. The lowest BCUT2D eigenvalue weighted by molar-refractivity contribution is -0.0382. The first-order chi connectivity index (χ1) is 12.9. The molecule has 1 aliphatic carbocycles. The van der Waals surface area contributed by atoms with Crippen LogP contribution in [0.1, 0.15) is 47.7 Å². The number of hydrogen-bond donors (Lipinski definition) is 1. The van der Waals surface area contributed by atoms with E-state index in [1.54, 1.807) is 28.1 Å². The molecule has 1 aliphatic rings. The van der Waals surface area contributed by atoms with E-state index in [1.165, 1.54) is 0 Å². The molecule has 3 aromatic rings. The van der Waals surface area contributed by atoms with Crippen LogP contribution in [0.3, 0.4) is 0 Å². The molecule has 0 atom stereocenters. The van der Waals surface area contributed by atoms with Crippen LogP contribution in [-0.2, 0) is 6.54 Å². The number of thiazole rings is 1. The normalized spacial score (nSPS) is 17.5. The molecule has 144 valence electrons. The van der Waals surface area contributed by atoms with Crippen molar-refractivity contribution in [2.24, 2.45) is 0 Å². The molecule has 4 nitrogen and oxygen atoms in total. The standard InChI is InChI=1S/C18H18Cl2F2N4S/c1-10-15(11-2-4-18(21,22)5-3-11)17(20)26-16(10)12(8-13(19)25-26)24-9-14-23-6-7-27-14/h6-8,11,24H,2-5,9H2,1H3. The molecule has 0 saturated heterocycles. The third kappa shape index (κ3) is 3.65. The lowest BCUT2D eigenvalue weighted by Crippen LogP contribution is -2.23. The number of aryl methyl sites for hydroxylation is 1. The number of halogens is 4. The summed E-state index contributed by atoms with van der Waals surface area (Å²) >= 11 is 14.4. The number of hydrogen-bond acceptors (Lipinski definition) is 4. The van der Waals surface area contributed by atoms with Crippen molar-refractivity contribution >= 4 is 45.7 Å². The zero-order valence-electron chi connectivity index (χ0n) is 14.6. The van der Waals surface area contributed by atoms with Gasteiger partial charge in [0.2, 0.25) is 5.92 Å². The Bertz CT molecular complexity index is 962. The largest absolute Gasteiger partial charge is 0.377 e. The number of aromatic nitrogens is 3. The van der Waals surface area contributed by atoms with Gasteiger partial charge in [0, 0.05) is 30.5 Å². The first-order valence-corrected chi connectivity index (χ1v) is 10.4. The van der Waals surface area contributed by atoms with Gasteiger partial charge in [0.1, 0.15) is 10.2 Å². The second kappa shape index (κ2) is 7.18. The van der Waals surface area contributed by atoms with Gasteiger partial charge in [-0.25, -0.2) is 18.3 Å². The average molecular weight is 431 g/mol. The summed E-state index contributed by atoms with van der Waals surface area (Å²) in [5.41, 5.74) is 3.49. The molecule has 3 heterocycles. The quantitative estimate of drug-likeness (QED) is 0.526. The molecule has 4 rings (SSSR count). The SMILES string of the molecule is Cc1c(C2CCC(F)(F)CC2)c(Cl)n2nc(Cl)cc(NCc3nccs3)c12. The number of fused-ring (bicyclic) bond motifs is 1. The summed E-state index contributed by atoms with van der Waals surface area (Å²) in [5, 5.41) is 11.3. The fourth-order valence-corrected chi connectivity index (χ4v) is 4.98. The fraction of sp³-hybridized carbons (Fsp3) is 0.444. The maximum atomic E-state index is 13.6. The van der Waals surface area contributed by atoms with Crippen molar-refractivity contribution in [2.45, 2.75) is 51.0 Å². The highest BCUT2D eigenvalue weighted by molar-refractivity contribution is 7.09. The maximum absolute atomic E-state index is 13.6. The molecule has 0 bridgehead atoms. The first kappa shape index (κ1) is 18.9. The molecular formula is C18H18Cl2F2N4S. The van der Waals surface area contributed by atoms with Crippen molar-refractivity contribution in [1.82, 2.24) is 14.6 Å². The predicted molar refractivity (Wildman–Crippen MR) is 106 cm³/mol. The molecule has 1 saturated carbocycles. The third-order valence-corrected chi connectivity index (χ3v) is 6.46. The molecule has 1 N–H and O–H groups in total. The van der Waals surface area contributed by atoms with Crippen LogP contribution in [0.15, 0.2) is 17.6 Å². The monoisotopic (exact) mass is 430 g/mol. The minimum Gasteiger partial charge on any atom is -0.377 e. The molecule has 27 heavy (non-hydrogen) atoms. The zero-order valence-corrected chi connectivity index (χ0v) is 16.9. The van der Waals surface area contributed by atoms with Gasteiger partial charge in [-0.2, -0.15) is 5.10 Å². The molecule has 0 spiro atoms. The van der Waals surface area contributed by atoms with Gasteiger partial charge >= 0.3 is 0 Å². The van der Waals surface area contributed by atoms with Crippen molar-refractivity contribution in [3.8, 4) is 0 Å². The van der Waals surface area contributed by atoms with Crippen molar-refractivity contribution in [2.75, 3.05) is 5.32 Å². The van der Waals surface area contributed by atoms with Gasteiger partial charge in [-0.15, -0.1) is 11.3 Å². The van der Waals surface area contributed by atoms with Crippen LogP contribution >= 0.6 is 34.5 Å². The molecular weight excluding hydrogens is 413 g/mol. The molecule has 9 heteroatoms. The number of anilines is 1. The van der Waals surface area contributed by atoms with Crippen LogP contribution in [0.2, 0.25) is 10.3 Å². The van der Waals surface area contributed by atoms with Crippen molar-refractivity contribution in [3.05, 3.63) is 44.1 Å². The van der Waals surface area contributed by atoms with E-state index in [2.05, 4.69) is 15.4 Å². The van der Waals surface area contributed by atoms with Crippen molar-refractivity contribution in [1.29, 1.82) is 0 Å². The second-order valence-corrected chi connectivity index (χ2v) is 8.60. The lowest BCUT2D eigenvalue weighted by Gasteiger charge is -2.28. The highest BCUT2D eigenvalue weighted by Crippen LogP contribution is 2.46. The molecule has 0 radical (unpaired) electrons. The second-order valence-electron chi connectivity index (χ2n) is 6.88. The summed E-state index contributed by atoms with van der Waals surface area (Å²) in [5.74, 6) is -2.57. The summed E-state index contributed by atoms with van der Waals surface area (Å²) in [6, 6.07) is 1.76. The Hall–Kier alpha value is -1.44. The summed E-state index contributed by atoms with van der Waals surface area (Å²) in [4.78, 5) is 4.27. The Labute approximate surface area is 169 Å². The van der Waals surface area contributed by atoms with Gasteiger partial charge in [-0.05, 0) is 36.8 Å². The van der Waals surface area contributed by atoms with E-state index in [9.17, 15) is 8.78 Å². The van der Waals surface area contributed by atoms with Crippen molar-refractivity contribution in [3.63, 3.8) is 0 Å². The summed E-state index contributed by atoms with van der Waals surface area (Å²) in [6.07, 6.45) is 2.37. The fourth-order valence-electron chi connectivity index (χ4n) is 3.82. The molecule has 3 aromatic heterocycles. The van der Waals surface area contributed by atoms with Crippen LogP contribution in [0.4, 0.5) is 14.5 Å². The molecule has 0 aromatic carbocycles. The number of alkyl halides is 2. The van der Waals surface area contributed by atoms with E-state index in [1.807, 2.05) is 12.3 Å². The topological polar surface area (TPSA) is 42.2 Å². The van der Waals surface area contributed by atoms with Crippen LogP contribution in [0, 0.1) is 6.92 Å². The van der Waals surface area contributed by atoms with E-state index in [0.29, 0.717) is 29.7 Å². The van der Waals surface area contributed by atoms with Gasteiger partial charge in [-0.3, -0.25) is 0 Å². The summed E-state index contributed by atoms with van der Waals surface area (Å²) < 4.78 is 28.8. The van der Waals surface area contributed by atoms with E-state index in [-0.39, 0.29) is 18.8 Å². The smallest absolute Gasteiger partial charge is 0.248 e. The Morgan fingerprint density at radius 2 is 2.07 bits per heavy atom. The van der Waals surface area contributed by atoms with Crippen LogP contribution in [0.5, 0.6) is 0 Å². The average Bonchev–Trinajstić information content (AvgIpc) is 3.21. The van der Waals surface area contributed by atoms with Gasteiger partial charge in [0.15, 0.2) is 5.15 Å². The van der Waals surface area contributed by atoms with Gasteiger partial charge < -0.3 is 5.32 Å². The lowest BCUT2D eigenvalue weighted by atomic mass is 9.82. The molecule has 1 fully saturated rings. The van der Waals surface area contributed by atoms with Crippen LogP contribution < -0.4 is 5.32 Å². The van der Waals surface area contributed by atoms with Crippen molar-refractivity contribution < 1.29 is 8.78 Å². The van der Waals surface area contributed by atoms with E-state index < -0.39 is 5.92 Å². The summed E-state index contributed by atoms with van der Waals surface area (Å²) in [7, 11) is 0. The van der Waals surface area contributed by atoms with E-state index in [4.69, 9.17) is 23.2 Å². The highest BCUT2D eigenvalue weighted by atomic mass is 35.5. The minimum atomic E-state index is -2.57. The summed E-state index contributed by atoms with van der Waals surface area (Å²) in [6.45, 7) is 2.52. The first-order valence-electron chi connectivity index (χ1n) is 8.73. The molecule has 0 unspecified atom stereocenters. The van der Waals surface area contributed by atoms with Crippen LogP contribution in [0.25, 0.3) is 5.52 Å². The molecule has 0 aliphatic heterocycles. The van der Waals surface area contributed by atoms with Crippen LogP contribution in [-0.4, -0.2) is 20.5 Å². The predicted octanol–water partition coefficient (Wildman–Crippen LogP) is 6.31. The molecule has 0 amide bonds. The van der Waals surface area contributed by atoms with E-state index >= 15 is 0 Å². The number of nitrogens with zero attached hydrogens (tertiary/aromatic N) is 3. The van der Waals surface area contributed by atoms with Gasteiger partial charge in [0.25, 0.3) is 0 Å². The minimum absolute atomic E-state index is 0.00409. The van der Waals surface area contributed by atoms with Gasteiger partial charge in [-0.1, -0.05) is 23.2 Å². The highest BCUT2D eigenvalue weighted by Gasteiger charge is 2.37. The Morgan fingerprint density at radius 1 is 1.33 bits per heavy atom. The van der Waals surface area contributed by atoms with E-state index in [0.717, 1.165) is 27.3 Å². The maximum Gasteiger partial charge on any atom is 0.248 e. The van der Waals surface area contributed by atoms with Gasteiger partial charge in [0.05, 0.1) is 17.7 Å². The Balaban J connectivity index is 1.73. The number of nitrogens with one attached hydrogen (secondary N) is 1. The Morgan fingerprint density at radius 3 is 2.74 bits per heavy atom.